The van der Waals surface area contributed by atoms with Crippen molar-refractivity contribution in [3.05, 3.63) is 78.0 Å². The molecule has 3 rings (SSSR count). The molecule has 0 saturated heterocycles. The first-order valence-corrected chi connectivity index (χ1v) is 10.1. The molecule has 0 amide bonds. The third-order valence-electron chi connectivity index (χ3n) is 5.13. The van der Waals surface area contributed by atoms with Crippen LogP contribution in [0.15, 0.2) is 66.9 Å². The van der Waals surface area contributed by atoms with Gasteiger partial charge in [-0.2, -0.15) is 0 Å². The smallest absolute Gasteiger partial charge is 0.200 e. The summed E-state index contributed by atoms with van der Waals surface area (Å²) in [7, 11) is 2.08. The summed E-state index contributed by atoms with van der Waals surface area (Å²) in [4.78, 5) is 0. The van der Waals surface area contributed by atoms with E-state index in [0.717, 1.165) is 29.5 Å². The lowest BCUT2D eigenvalue weighted by Crippen LogP contribution is -2.30. The van der Waals surface area contributed by atoms with Crippen LogP contribution in [0.5, 0.6) is 0 Å². The zero-order chi connectivity index (χ0) is 20.9. The molecule has 2 aromatic carbocycles. The Bertz CT molecular complexity index is 945. The molecule has 0 aliphatic rings. The molecule has 0 aliphatic heterocycles. The van der Waals surface area contributed by atoms with Crippen LogP contribution < -0.4 is 4.57 Å². The SMILES string of the molecule is [2H]C([2H])(CCCCCC)c1ccc(-c2ccc(-c3ccccc3C)[n+](C)c2)cc1. The number of hydrogen-bond donors (Lipinski definition) is 0. The second-order valence-electron chi connectivity index (χ2n) is 7.29. The molecule has 0 atom stereocenters. The summed E-state index contributed by atoms with van der Waals surface area (Å²) >= 11 is 0. The lowest BCUT2D eigenvalue weighted by atomic mass is 10.00. The van der Waals surface area contributed by atoms with E-state index in [-0.39, 0.29) is 0 Å². The number of pyridine rings is 1. The molecule has 1 heteroatoms. The molecular weight excluding hydrogens is 326 g/mol. The summed E-state index contributed by atoms with van der Waals surface area (Å²) < 4.78 is 19.0. The lowest BCUT2D eigenvalue weighted by Gasteiger charge is -2.07. The second-order valence-corrected chi connectivity index (χ2v) is 7.29. The summed E-state index contributed by atoms with van der Waals surface area (Å²) in [6, 6.07) is 20.7. The number of benzene rings is 2. The van der Waals surface area contributed by atoms with Gasteiger partial charge in [0.15, 0.2) is 6.20 Å². The number of unbranched alkanes of at least 4 members (excludes halogenated alkanes) is 3. The summed E-state index contributed by atoms with van der Waals surface area (Å²) in [6.07, 6.45) is 5.90. The topological polar surface area (TPSA) is 3.88 Å². The summed E-state index contributed by atoms with van der Waals surface area (Å²) in [6.45, 7) is 4.32. The predicted molar refractivity (Wildman–Crippen MR) is 116 cm³/mol. The van der Waals surface area contributed by atoms with Crippen LogP contribution in [-0.4, -0.2) is 0 Å². The van der Waals surface area contributed by atoms with Gasteiger partial charge in [-0.15, -0.1) is 0 Å². The standard InChI is InChI=1S/C26H32N/c1-4-5-6-7-8-12-22-14-16-23(17-15-22)24-18-19-26(27(3)20-24)25-13-10-9-11-21(25)2/h9-11,13-20H,4-8,12H2,1-3H3/q+1/i12D2. The molecule has 0 radical (unpaired) electrons. The largest absolute Gasteiger partial charge is 0.212 e. The quantitative estimate of drug-likeness (QED) is 0.312. The molecule has 1 aromatic heterocycles. The zero-order valence-electron chi connectivity index (χ0n) is 18.8. The Morgan fingerprint density at radius 1 is 0.815 bits per heavy atom. The van der Waals surface area contributed by atoms with Crippen molar-refractivity contribution in [2.75, 3.05) is 0 Å². The number of hydrogen-bond acceptors (Lipinski definition) is 0. The van der Waals surface area contributed by atoms with Gasteiger partial charge in [0, 0.05) is 19.9 Å². The first-order chi connectivity index (χ1) is 13.9. The third-order valence-corrected chi connectivity index (χ3v) is 5.13. The molecular formula is C26H32N+. The van der Waals surface area contributed by atoms with Crippen LogP contribution in [0.1, 0.15) is 52.9 Å². The Morgan fingerprint density at radius 2 is 1.52 bits per heavy atom. The molecule has 0 aliphatic carbocycles. The van der Waals surface area contributed by atoms with Crippen LogP contribution in [0, 0.1) is 6.92 Å². The van der Waals surface area contributed by atoms with Gasteiger partial charge in [0.2, 0.25) is 5.69 Å². The maximum atomic E-state index is 8.42. The molecule has 0 fully saturated rings. The van der Waals surface area contributed by atoms with Crippen LogP contribution in [0.4, 0.5) is 0 Å². The van der Waals surface area contributed by atoms with Crippen LogP contribution in [0.25, 0.3) is 22.4 Å². The van der Waals surface area contributed by atoms with Crippen molar-refractivity contribution < 1.29 is 7.31 Å². The minimum Gasteiger partial charge on any atom is -0.200 e. The van der Waals surface area contributed by atoms with E-state index in [9.17, 15) is 0 Å². The monoisotopic (exact) mass is 360 g/mol. The third kappa shape index (κ3) is 5.07. The van der Waals surface area contributed by atoms with Gasteiger partial charge in [0.05, 0.1) is 0 Å². The summed E-state index contributed by atoms with van der Waals surface area (Å²) in [5.74, 6) is 0. The lowest BCUT2D eigenvalue weighted by molar-refractivity contribution is -0.659. The van der Waals surface area contributed by atoms with Crippen LogP contribution >= 0.6 is 0 Å². The molecule has 0 spiro atoms. The maximum Gasteiger partial charge on any atom is 0.212 e. The number of rotatable bonds is 8. The van der Waals surface area contributed by atoms with Crippen molar-refractivity contribution in [2.24, 2.45) is 7.05 Å². The van der Waals surface area contributed by atoms with Crippen molar-refractivity contribution in [1.29, 1.82) is 0 Å². The minimum absolute atomic E-state index is 0.590. The first kappa shape index (κ1) is 16.7. The van der Waals surface area contributed by atoms with Crippen LogP contribution in [0.2, 0.25) is 0 Å². The Balaban J connectivity index is 1.78. The molecule has 0 unspecified atom stereocenters. The van der Waals surface area contributed by atoms with E-state index < -0.39 is 6.37 Å². The van der Waals surface area contributed by atoms with Crippen molar-refractivity contribution >= 4 is 0 Å². The van der Waals surface area contributed by atoms with Crippen LogP contribution in [-0.2, 0) is 13.4 Å². The van der Waals surface area contributed by atoms with Gasteiger partial charge < -0.3 is 0 Å². The van der Waals surface area contributed by atoms with E-state index in [2.05, 4.69) is 68.1 Å². The number of aromatic nitrogens is 1. The predicted octanol–water partition coefficient (Wildman–Crippen LogP) is 6.67. The minimum atomic E-state index is -1.26. The highest BCUT2D eigenvalue weighted by Crippen LogP contribution is 2.24. The highest BCUT2D eigenvalue weighted by atomic mass is 14.9. The van der Waals surface area contributed by atoms with Crippen LogP contribution in [0.3, 0.4) is 0 Å². The molecule has 140 valence electrons. The van der Waals surface area contributed by atoms with E-state index in [0.29, 0.717) is 6.42 Å². The summed E-state index contributed by atoms with van der Waals surface area (Å²) in [5.41, 5.74) is 6.72. The second kappa shape index (κ2) is 9.50. The summed E-state index contributed by atoms with van der Waals surface area (Å²) in [5, 5.41) is 0. The Morgan fingerprint density at radius 3 is 2.22 bits per heavy atom. The van der Waals surface area contributed by atoms with Gasteiger partial charge >= 0.3 is 0 Å². The maximum absolute atomic E-state index is 8.42. The molecule has 1 heterocycles. The first-order valence-electron chi connectivity index (χ1n) is 11.1. The van der Waals surface area contributed by atoms with Gasteiger partial charge in [-0.3, -0.25) is 0 Å². The molecule has 1 nitrogen and oxygen atoms in total. The fourth-order valence-corrected chi connectivity index (χ4v) is 3.48. The highest BCUT2D eigenvalue weighted by Gasteiger charge is 2.13. The molecule has 3 aromatic rings. The molecule has 27 heavy (non-hydrogen) atoms. The molecule has 0 bridgehead atoms. The Hall–Kier alpha value is -2.41. The average Bonchev–Trinajstić information content (AvgIpc) is 2.72. The number of aryl methyl sites for hydroxylation is 3. The Kier molecular flexibility index (Phi) is 5.89. The van der Waals surface area contributed by atoms with Crippen molar-refractivity contribution in [3.8, 4) is 22.4 Å². The molecule has 0 N–H and O–H groups in total. The van der Waals surface area contributed by atoms with Crippen molar-refractivity contribution in [1.82, 2.24) is 0 Å². The van der Waals surface area contributed by atoms with E-state index >= 15 is 0 Å². The van der Waals surface area contributed by atoms with Gasteiger partial charge in [-0.05, 0) is 48.5 Å². The van der Waals surface area contributed by atoms with E-state index in [1.807, 2.05) is 24.3 Å². The fraction of sp³-hybridized carbons (Fsp3) is 0.346. The number of nitrogens with zero attached hydrogens (tertiary/aromatic N) is 1. The molecule has 0 saturated carbocycles. The van der Waals surface area contributed by atoms with Gasteiger partial charge in [0.25, 0.3) is 0 Å². The van der Waals surface area contributed by atoms with Gasteiger partial charge in [0.1, 0.15) is 7.05 Å². The van der Waals surface area contributed by atoms with E-state index in [4.69, 9.17) is 2.74 Å². The Labute approximate surface area is 167 Å². The van der Waals surface area contributed by atoms with Gasteiger partial charge in [-0.25, -0.2) is 4.57 Å². The normalized spacial score (nSPS) is 12.6. The van der Waals surface area contributed by atoms with E-state index in [1.54, 1.807) is 0 Å². The fourth-order valence-electron chi connectivity index (χ4n) is 3.48. The average molecular weight is 361 g/mol. The highest BCUT2D eigenvalue weighted by molar-refractivity contribution is 5.66. The van der Waals surface area contributed by atoms with Crippen molar-refractivity contribution in [3.63, 3.8) is 0 Å². The zero-order valence-corrected chi connectivity index (χ0v) is 16.8. The van der Waals surface area contributed by atoms with E-state index in [1.165, 1.54) is 29.7 Å². The van der Waals surface area contributed by atoms with Gasteiger partial charge in [-0.1, -0.05) is 75.1 Å². The van der Waals surface area contributed by atoms with Crippen molar-refractivity contribution in [2.45, 2.75) is 52.3 Å².